The minimum atomic E-state index is -0.805. The maximum atomic E-state index is 7.20. The zero-order valence-electron chi connectivity index (χ0n) is 14.7. The van der Waals surface area contributed by atoms with Crippen LogP contribution in [0, 0.1) is 0 Å². The fourth-order valence-electron chi connectivity index (χ4n) is 6.94. The number of fused-ring (bicyclic) bond motifs is 5. The zero-order valence-corrected chi connectivity index (χ0v) is 15.6. The Labute approximate surface area is 141 Å². The number of hydrogen-bond donors (Lipinski definition) is 4. The topological polar surface area (TPSA) is 104 Å². The maximum absolute atomic E-state index is 7.20. The highest BCUT2D eigenvalue weighted by molar-refractivity contribution is 7.59. The Hall–Kier alpha value is 0.01000. The van der Waals surface area contributed by atoms with E-state index in [4.69, 9.17) is 22.7 Å². The van der Waals surface area contributed by atoms with E-state index in [2.05, 4.69) is 19.9 Å². The quantitative estimate of drug-likeness (QED) is 0.436. The smallest absolute Gasteiger partial charge is 0.0487 e. The summed E-state index contributed by atoms with van der Waals surface area (Å²) in [5.41, 5.74) is 28.8. The molecule has 0 amide bonds. The molecule has 4 nitrogen and oxygen atoms in total. The average molecular weight is 336 g/mol. The summed E-state index contributed by atoms with van der Waals surface area (Å²) < 4.78 is 0. The second-order valence-corrected chi connectivity index (χ2v) is 11.3. The van der Waals surface area contributed by atoms with Crippen LogP contribution in [0.2, 0.25) is 0 Å². The first kappa shape index (κ1) is 16.5. The van der Waals surface area contributed by atoms with Crippen LogP contribution in [0.15, 0.2) is 11.6 Å². The van der Waals surface area contributed by atoms with E-state index in [-0.39, 0.29) is 21.4 Å². The second-order valence-electron chi connectivity index (χ2n) is 8.81. The Morgan fingerprint density at radius 3 is 2.43 bits per heavy atom. The van der Waals surface area contributed by atoms with Gasteiger partial charge in [-0.15, -0.1) is 0 Å². The van der Waals surface area contributed by atoms with Crippen molar-refractivity contribution in [2.24, 2.45) is 22.7 Å². The molecule has 4 rings (SSSR count). The van der Waals surface area contributed by atoms with E-state index in [0.717, 1.165) is 44.9 Å². The van der Waals surface area contributed by atoms with Gasteiger partial charge in [0.25, 0.3) is 0 Å². The molecule has 23 heavy (non-hydrogen) atoms. The molecule has 0 aromatic heterocycles. The first-order valence-electron chi connectivity index (χ1n) is 9.35. The molecule has 2 saturated carbocycles. The monoisotopic (exact) mass is 336 g/mol. The lowest BCUT2D eigenvalue weighted by Crippen LogP contribution is -2.74. The highest BCUT2D eigenvalue weighted by atomic mass is 31.1. The molecule has 1 saturated heterocycles. The van der Waals surface area contributed by atoms with Crippen molar-refractivity contribution in [3.8, 4) is 0 Å². The molecule has 0 bridgehead atoms. The van der Waals surface area contributed by atoms with Crippen molar-refractivity contribution < 1.29 is 0 Å². The van der Waals surface area contributed by atoms with Crippen molar-refractivity contribution in [2.75, 3.05) is 0 Å². The van der Waals surface area contributed by atoms with E-state index in [1.54, 1.807) is 0 Å². The van der Waals surface area contributed by atoms with E-state index >= 15 is 0 Å². The highest BCUT2D eigenvalue weighted by Gasteiger charge is 2.76. The van der Waals surface area contributed by atoms with Crippen LogP contribution in [0.4, 0.5) is 0 Å². The summed E-state index contributed by atoms with van der Waals surface area (Å²) in [7, 11) is -0.805. The van der Waals surface area contributed by atoms with Gasteiger partial charge in [-0.3, -0.25) is 0 Å². The maximum Gasteiger partial charge on any atom is 0.0487 e. The lowest BCUT2D eigenvalue weighted by Gasteiger charge is -2.57. The van der Waals surface area contributed by atoms with Gasteiger partial charge in [0.1, 0.15) is 0 Å². The second kappa shape index (κ2) is 4.59. The predicted octanol–water partition coefficient (Wildman–Crippen LogP) is 2.44. The van der Waals surface area contributed by atoms with E-state index in [1.165, 1.54) is 18.4 Å². The lowest BCUT2D eigenvalue weighted by atomic mass is 9.56. The van der Waals surface area contributed by atoms with Gasteiger partial charge in [-0.25, -0.2) is 0 Å². The van der Waals surface area contributed by atoms with Gasteiger partial charge in [-0.05, 0) is 65.5 Å². The standard InChI is InChI=1S/C18H33N4P/c1-3-16-9-4-5-10-17(16,20)13-7-12-15(19)8-6-11-18(15,21)14(13,2)23(16)22/h7H,3-6,8-12,19-22H2,1-2H3. The summed E-state index contributed by atoms with van der Waals surface area (Å²) in [4.78, 5) is 0. The molecule has 3 fully saturated rings. The van der Waals surface area contributed by atoms with Crippen molar-refractivity contribution in [3.63, 3.8) is 0 Å². The predicted molar refractivity (Wildman–Crippen MR) is 98.3 cm³/mol. The molecule has 130 valence electrons. The van der Waals surface area contributed by atoms with Crippen LogP contribution in [0.25, 0.3) is 0 Å². The summed E-state index contributed by atoms with van der Waals surface area (Å²) in [6.45, 7) is 4.60. The van der Waals surface area contributed by atoms with Crippen LogP contribution in [0.3, 0.4) is 0 Å². The van der Waals surface area contributed by atoms with Gasteiger partial charge in [0.05, 0.1) is 0 Å². The molecule has 0 radical (unpaired) electrons. The van der Waals surface area contributed by atoms with Crippen molar-refractivity contribution in [3.05, 3.63) is 11.6 Å². The molecule has 6 atom stereocenters. The van der Waals surface area contributed by atoms with E-state index in [9.17, 15) is 0 Å². The van der Waals surface area contributed by atoms with Crippen LogP contribution in [0.5, 0.6) is 0 Å². The SMILES string of the molecule is CCC12CCCCC1(N)C1=CCC3(N)CCCC3(N)C1(C)P2N. The number of nitrogens with two attached hydrogens (primary N) is 4. The summed E-state index contributed by atoms with van der Waals surface area (Å²) in [5.74, 6) is 0. The van der Waals surface area contributed by atoms with Crippen LogP contribution in [0.1, 0.15) is 71.6 Å². The molecule has 4 aliphatic rings. The largest absolute Gasteiger partial charge is 0.323 e. The van der Waals surface area contributed by atoms with Crippen molar-refractivity contribution >= 4 is 8.07 Å². The van der Waals surface area contributed by atoms with Gasteiger partial charge in [-0.2, -0.15) is 0 Å². The Morgan fingerprint density at radius 1 is 1.04 bits per heavy atom. The normalized spacial score (nSPS) is 58.3. The third-order valence-electron chi connectivity index (χ3n) is 8.40. The van der Waals surface area contributed by atoms with Crippen LogP contribution >= 0.6 is 8.07 Å². The summed E-state index contributed by atoms with van der Waals surface area (Å²) >= 11 is 0. The molecule has 0 spiro atoms. The Bertz CT molecular complexity index is 579. The van der Waals surface area contributed by atoms with Gasteiger partial charge in [-0.1, -0.05) is 25.8 Å². The minimum absolute atomic E-state index is 0.0430. The van der Waals surface area contributed by atoms with Gasteiger partial charge in [0.2, 0.25) is 0 Å². The van der Waals surface area contributed by atoms with Crippen molar-refractivity contribution in [1.82, 2.24) is 0 Å². The van der Waals surface area contributed by atoms with Crippen LogP contribution in [-0.2, 0) is 0 Å². The molecule has 0 aromatic rings. The van der Waals surface area contributed by atoms with Crippen molar-refractivity contribution in [1.29, 1.82) is 0 Å². The Morgan fingerprint density at radius 2 is 1.74 bits per heavy atom. The van der Waals surface area contributed by atoms with Gasteiger partial charge in [0, 0.05) is 26.9 Å². The Kier molecular flexibility index (Phi) is 3.29. The molecular weight excluding hydrogens is 303 g/mol. The molecule has 1 heterocycles. The lowest BCUT2D eigenvalue weighted by molar-refractivity contribution is 0.189. The number of hydrogen-bond acceptors (Lipinski definition) is 4. The fourth-order valence-corrected chi connectivity index (χ4v) is 10.5. The van der Waals surface area contributed by atoms with Crippen molar-refractivity contribution in [2.45, 2.75) is 98.6 Å². The third kappa shape index (κ3) is 1.49. The Balaban J connectivity index is 1.97. The molecule has 8 N–H and O–H groups in total. The van der Waals surface area contributed by atoms with Gasteiger partial charge < -0.3 is 22.7 Å². The van der Waals surface area contributed by atoms with Crippen LogP contribution < -0.4 is 22.7 Å². The molecule has 3 aliphatic carbocycles. The third-order valence-corrected chi connectivity index (χ3v) is 11.9. The van der Waals surface area contributed by atoms with E-state index in [0.29, 0.717) is 0 Å². The highest BCUT2D eigenvalue weighted by Crippen LogP contribution is 2.79. The zero-order chi connectivity index (χ0) is 16.7. The van der Waals surface area contributed by atoms with Gasteiger partial charge >= 0.3 is 0 Å². The summed E-state index contributed by atoms with van der Waals surface area (Å²) in [6, 6.07) is 0. The minimum Gasteiger partial charge on any atom is -0.323 e. The first-order chi connectivity index (χ1) is 10.7. The van der Waals surface area contributed by atoms with E-state index < -0.39 is 13.6 Å². The molecule has 5 heteroatoms. The summed E-state index contributed by atoms with van der Waals surface area (Å²) in [6.07, 6.45) is 12.1. The summed E-state index contributed by atoms with van der Waals surface area (Å²) in [5, 5.41) is -0.164. The molecule has 1 aliphatic heterocycles. The van der Waals surface area contributed by atoms with E-state index in [1.807, 2.05) is 0 Å². The molecule has 6 unspecified atom stereocenters. The fraction of sp³-hybridized carbons (Fsp3) is 0.889. The first-order valence-corrected chi connectivity index (χ1v) is 10.8. The average Bonchev–Trinajstić information content (AvgIpc) is 2.91. The van der Waals surface area contributed by atoms with Crippen LogP contribution in [-0.4, -0.2) is 26.9 Å². The van der Waals surface area contributed by atoms with Gasteiger partial charge in [0.15, 0.2) is 0 Å². The molecule has 0 aromatic carbocycles. The number of rotatable bonds is 1. The molecular formula is C18H33N4P.